The van der Waals surface area contributed by atoms with Crippen LogP contribution in [0.3, 0.4) is 0 Å². The molecule has 1 heterocycles. The quantitative estimate of drug-likeness (QED) is 0.850. The monoisotopic (exact) mass is 289 g/mol. The maximum absolute atomic E-state index is 11.9. The fraction of sp³-hybridized carbons (Fsp3) is 0.312. The molecule has 106 valence electrons. The number of amides is 1. The Morgan fingerprint density at radius 2 is 2.05 bits per heavy atom. The van der Waals surface area contributed by atoms with Gasteiger partial charge in [-0.2, -0.15) is 0 Å². The van der Waals surface area contributed by atoms with E-state index in [0.29, 0.717) is 13.0 Å². The molecule has 1 atom stereocenters. The number of carbonyl (C=O) groups is 1. The van der Waals surface area contributed by atoms with Crippen LogP contribution in [0.5, 0.6) is 0 Å². The molecule has 0 fully saturated rings. The van der Waals surface area contributed by atoms with Gasteiger partial charge < -0.3 is 10.1 Å². The van der Waals surface area contributed by atoms with Crippen molar-refractivity contribution >= 4 is 17.2 Å². The van der Waals surface area contributed by atoms with Crippen LogP contribution in [0.1, 0.15) is 22.9 Å². The van der Waals surface area contributed by atoms with Gasteiger partial charge in [0, 0.05) is 18.4 Å². The average Bonchev–Trinajstić information content (AvgIpc) is 3.00. The molecule has 0 radical (unpaired) electrons. The van der Waals surface area contributed by atoms with Crippen molar-refractivity contribution < 1.29 is 9.53 Å². The fourth-order valence-electron chi connectivity index (χ4n) is 2.02. The lowest BCUT2D eigenvalue weighted by Gasteiger charge is -2.17. The van der Waals surface area contributed by atoms with E-state index in [1.54, 1.807) is 18.4 Å². The molecule has 1 N–H and O–H groups in total. The summed E-state index contributed by atoms with van der Waals surface area (Å²) >= 11 is 1.67. The Morgan fingerprint density at radius 1 is 1.25 bits per heavy atom. The number of thiophene rings is 1. The highest BCUT2D eigenvalue weighted by Crippen LogP contribution is 2.23. The van der Waals surface area contributed by atoms with Crippen LogP contribution in [0.2, 0.25) is 0 Å². The van der Waals surface area contributed by atoms with Gasteiger partial charge in [-0.05, 0) is 23.4 Å². The molecule has 0 saturated carbocycles. The summed E-state index contributed by atoms with van der Waals surface area (Å²) in [7, 11) is 1.61. The molecule has 1 aromatic carbocycles. The zero-order chi connectivity index (χ0) is 14.2. The van der Waals surface area contributed by atoms with Crippen LogP contribution < -0.4 is 5.32 Å². The van der Waals surface area contributed by atoms with Crippen LogP contribution in [0, 0.1) is 0 Å². The maximum Gasteiger partial charge on any atom is 0.222 e. The Bertz CT molecular complexity index is 511. The van der Waals surface area contributed by atoms with E-state index in [9.17, 15) is 4.79 Å². The van der Waals surface area contributed by atoms with E-state index >= 15 is 0 Å². The molecule has 0 saturated heterocycles. The largest absolute Gasteiger partial charge is 0.384 e. The third kappa shape index (κ3) is 4.47. The van der Waals surface area contributed by atoms with Gasteiger partial charge in [0.1, 0.15) is 0 Å². The summed E-state index contributed by atoms with van der Waals surface area (Å²) in [6.07, 6.45) is 1.20. The van der Waals surface area contributed by atoms with Gasteiger partial charge in [-0.25, -0.2) is 0 Å². The first kappa shape index (κ1) is 14.8. The molecule has 3 nitrogen and oxygen atoms in total. The van der Waals surface area contributed by atoms with Crippen molar-refractivity contribution in [3.05, 3.63) is 58.3 Å². The van der Waals surface area contributed by atoms with Crippen LogP contribution >= 0.6 is 11.3 Å². The Labute approximate surface area is 123 Å². The van der Waals surface area contributed by atoms with E-state index in [1.165, 1.54) is 10.4 Å². The molecule has 0 aliphatic carbocycles. The minimum Gasteiger partial charge on any atom is -0.384 e. The molecular weight excluding hydrogens is 270 g/mol. The number of hydrogen-bond acceptors (Lipinski definition) is 3. The van der Waals surface area contributed by atoms with Crippen molar-refractivity contribution in [2.45, 2.75) is 18.9 Å². The van der Waals surface area contributed by atoms with Gasteiger partial charge in [0.2, 0.25) is 5.91 Å². The summed E-state index contributed by atoms with van der Waals surface area (Å²) in [4.78, 5) is 13.1. The van der Waals surface area contributed by atoms with Crippen molar-refractivity contribution in [1.29, 1.82) is 0 Å². The summed E-state index contributed by atoms with van der Waals surface area (Å²) in [6.45, 7) is 0.453. The van der Waals surface area contributed by atoms with Crippen molar-refractivity contribution in [2.75, 3.05) is 13.7 Å². The van der Waals surface area contributed by atoms with Crippen LogP contribution in [0.4, 0.5) is 0 Å². The van der Waals surface area contributed by atoms with Crippen LogP contribution in [0.15, 0.2) is 47.8 Å². The number of methoxy groups -OCH3 is 1. The van der Waals surface area contributed by atoms with Gasteiger partial charge in [-0.15, -0.1) is 11.3 Å². The van der Waals surface area contributed by atoms with Gasteiger partial charge >= 0.3 is 0 Å². The molecule has 2 rings (SSSR count). The van der Waals surface area contributed by atoms with E-state index in [1.807, 2.05) is 29.6 Å². The molecule has 2 aromatic rings. The molecule has 1 amide bonds. The molecule has 20 heavy (non-hydrogen) atoms. The highest BCUT2D eigenvalue weighted by Gasteiger charge is 2.16. The predicted octanol–water partition coefficient (Wildman–Crippen LogP) is 3.18. The second-order valence-corrected chi connectivity index (χ2v) is 5.55. The summed E-state index contributed by atoms with van der Waals surface area (Å²) in [5, 5.41) is 5.13. The molecule has 0 aliphatic rings. The SMILES string of the molecule is COCCC(=O)NC(Cc1ccccc1)c1cccs1. The van der Waals surface area contributed by atoms with E-state index in [0.717, 1.165) is 6.42 Å². The first-order valence-electron chi connectivity index (χ1n) is 6.65. The van der Waals surface area contributed by atoms with E-state index in [2.05, 4.69) is 23.5 Å². The van der Waals surface area contributed by atoms with Gasteiger partial charge in [0.05, 0.1) is 12.6 Å². The number of carbonyl (C=O) groups excluding carboxylic acids is 1. The minimum atomic E-state index is 0.0289. The van der Waals surface area contributed by atoms with Gasteiger partial charge in [-0.1, -0.05) is 36.4 Å². The van der Waals surface area contributed by atoms with Crippen LogP contribution in [-0.2, 0) is 16.0 Å². The first-order valence-corrected chi connectivity index (χ1v) is 7.53. The van der Waals surface area contributed by atoms with E-state index < -0.39 is 0 Å². The topological polar surface area (TPSA) is 38.3 Å². The standard InChI is InChI=1S/C16H19NO2S/c1-19-10-9-16(18)17-14(15-8-5-11-20-15)12-13-6-3-2-4-7-13/h2-8,11,14H,9-10,12H2,1H3,(H,17,18). The normalized spacial score (nSPS) is 12.1. The second-order valence-electron chi connectivity index (χ2n) is 4.57. The molecule has 0 aliphatic heterocycles. The lowest BCUT2D eigenvalue weighted by Crippen LogP contribution is -2.30. The van der Waals surface area contributed by atoms with Gasteiger partial charge in [-0.3, -0.25) is 4.79 Å². The number of ether oxygens (including phenoxy) is 1. The third-order valence-corrected chi connectivity index (χ3v) is 4.02. The van der Waals surface area contributed by atoms with Crippen LogP contribution in [-0.4, -0.2) is 19.6 Å². The number of benzene rings is 1. The average molecular weight is 289 g/mol. The highest BCUT2D eigenvalue weighted by atomic mass is 32.1. The lowest BCUT2D eigenvalue weighted by atomic mass is 10.0. The summed E-state index contributed by atoms with van der Waals surface area (Å²) in [5.41, 5.74) is 1.22. The zero-order valence-corrected chi connectivity index (χ0v) is 12.4. The molecule has 1 unspecified atom stereocenters. The third-order valence-electron chi connectivity index (χ3n) is 3.04. The molecule has 4 heteroatoms. The Balaban J connectivity index is 2.04. The van der Waals surface area contributed by atoms with Gasteiger partial charge in [0.15, 0.2) is 0 Å². The van der Waals surface area contributed by atoms with Gasteiger partial charge in [0.25, 0.3) is 0 Å². The van der Waals surface area contributed by atoms with Crippen molar-refractivity contribution in [3.63, 3.8) is 0 Å². The molecular formula is C16H19NO2S. The second kappa shape index (κ2) is 7.82. The first-order chi connectivity index (χ1) is 9.79. The number of rotatable bonds is 7. The minimum absolute atomic E-state index is 0.0289. The van der Waals surface area contributed by atoms with Crippen molar-refractivity contribution in [2.24, 2.45) is 0 Å². The van der Waals surface area contributed by atoms with Crippen LogP contribution in [0.25, 0.3) is 0 Å². The Hall–Kier alpha value is -1.65. The maximum atomic E-state index is 11.9. The summed E-state index contributed by atoms with van der Waals surface area (Å²) < 4.78 is 4.94. The molecule has 0 spiro atoms. The van der Waals surface area contributed by atoms with E-state index in [-0.39, 0.29) is 11.9 Å². The number of nitrogens with one attached hydrogen (secondary N) is 1. The van der Waals surface area contributed by atoms with Crippen molar-refractivity contribution in [1.82, 2.24) is 5.32 Å². The molecule has 0 bridgehead atoms. The Morgan fingerprint density at radius 3 is 2.70 bits per heavy atom. The summed E-state index contributed by atoms with van der Waals surface area (Å²) in [6, 6.07) is 14.3. The van der Waals surface area contributed by atoms with Crippen molar-refractivity contribution in [3.8, 4) is 0 Å². The highest BCUT2D eigenvalue weighted by molar-refractivity contribution is 7.10. The smallest absolute Gasteiger partial charge is 0.222 e. The zero-order valence-electron chi connectivity index (χ0n) is 11.5. The number of hydrogen-bond donors (Lipinski definition) is 1. The molecule has 1 aromatic heterocycles. The Kier molecular flexibility index (Phi) is 5.77. The summed E-state index contributed by atoms with van der Waals surface area (Å²) in [5.74, 6) is 0.0289. The van der Waals surface area contributed by atoms with E-state index in [4.69, 9.17) is 4.74 Å². The predicted molar refractivity (Wildman–Crippen MR) is 81.8 cm³/mol. The lowest BCUT2D eigenvalue weighted by molar-refractivity contribution is -0.122. The fourth-order valence-corrected chi connectivity index (χ4v) is 2.80.